The molecule has 4 aliphatic heterocycles. The minimum Gasteiger partial charge on any atom is -0.377 e. The first-order chi connectivity index (χ1) is 21.9. The van der Waals surface area contributed by atoms with Crippen LogP contribution in [0.2, 0.25) is 0 Å². The Bertz CT molecular complexity index is 1550. The van der Waals surface area contributed by atoms with Gasteiger partial charge in [-0.05, 0) is 81.2 Å². The zero-order valence-corrected chi connectivity index (χ0v) is 26.3. The molecule has 6 atom stereocenters. The van der Waals surface area contributed by atoms with E-state index in [2.05, 4.69) is 46.9 Å². The van der Waals surface area contributed by atoms with Gasteiger partial charge in [0.25, 0.3) is 0 Å². The number of benzene rings is 2. The molecule has 4 aliphatic rings. The Morgan fingerprint density at radius 2 is 1.76 bits per heavy atom. The van der Waals surface area contributed by atoms with Crippen molar-refractivity contribution < 1.29 is 19.1 Å². The molecule has 2 aromatic carbocycles. The van der Waals surface area contributed by atoms with E-state index in [1.54, 1.807) is 4.90 Å². The van der Waals surface area contributed by atoms with E-state index in [9.17, 15) is 14.4 Å². The van der Waals surface area contributed by atoms with Gasteiger partial charge in [-0.15, -0.1) is 0 Å². The average molecular weight is 613 g/mol. The SMILES string of the molecule is Cc1ccc(C[C@@H]2C[C@@H](C(=O)NCc3ccc4c(cnn4C)c3)N(C(=O)[C@@H]3NCCC[C@@H]3C(=O)N3C4CCC3COC4)C2)cc1. The topological polar surface area (TPSA) is 109 Å². The second-order valence-corrected chi connectivity index (χ2v) is 13.5. The zero-order chi connectivity index (χ0) is 31.1. The van der Waals surface area contributed by atoms with Gasteiger partial charge in [0.15, 0.2) is 0 Å². The molecule has 0 radical (unpaired) electrons. The Balaban J connectivity index is 1.10. The summed E-state index contributed by atoms with van der Waals surface area (Å²) in [5, 5.41) is 11.9. The number of nitrogens with one attached hydrogen (secondary N) is 2. The van der Waals surface area contributed by atoms with Gasteiger partial charge in [0.05, 0.1) is 49.0 Å². The van der Waals surface area contributed by atoms with Crippen LogP contribution in [0.3, 0.4) is 0 Å². The summed E-state index contributed by atoms with van der Waals surface area (Å²) in [6.07, 6.45) is 6.64. The molecule has 238 valence electrons. The number of morpholine rings is 1. The third-order valence-electron chi connectivity index (χ3n) is 10.4. The highest BCUT2D eigenvalue weighted by molar-refractivity contribution is 5.94. The summed E-state index contributed by atoms with van der Waals surface area (Å²) in [6, 6.07) is 13.5. The second kappa shape index (κ2) is 12.6. The molecular weight excluding hydrogens is 568 g/mol. The Hall–Kier alpha value is -3.76. The number of hydrogen-bond acceptors (Lipinski definition) is 6. The van der Waals surface area contributed by atoms with Crippen molar-refractivity contribution in [3.63, 3.8) is 0 Å². The summed E-state index contributed by atoms with van der Waals surface area (Å²) < 4.78 is 7.56. The number of nitrogens with zero attached hydrogens (tertiary/aromatic N) is 4. The first-order valence-corrected chi connectivity index (χ1v) is 16.5. The summed E-state index contributed by atoms with van der Waals surface area (Å²) >= 11 is 0. The summed E-state index contributed by atoms with van der Waals surface area (Å²) in [5.74, 6) is -0.494. The van der Waals surface area contributed by atoms with E-state index in [0.717, 1.165) is 42.1 Å². The minimum absolute atomic E-state index is 0.0681. The molecule has 45 heavy (non-hydrogen) atoms. The molecule has 4 saturated heterocycles. The van der Waals surface area contributed by atoms with E-state index in [1.807, 2.05) is 41.0 Å². The van der Waals surface area contributed by atoms with Crippen molar-refractivity contribution in [3.8, 4) is 0 Å². The minimum atomic E-state index is -0.630. The van der Waals surface area contributed by atoms with Crippen LogP contribution < -0.4 is 10.6 Å². The lowest BCUT2D eigenvalue weighted by Crippen LogP contribution is -2.61. The van der Waals surface area contributed by atoms with Crippen LogP contribution in [-0.4, -0.2) is 87.8 Å². The van der Waals surface area contributed by atoms with Crippen molar-refractivity contribution in [1.29, 1.82) is 0 Å². The number of fused-ring (bicyclic) bond motifs is 3. The first-order valence-electron chi connectivity index (χ1n) is 16.5. The molecule has 7 rings (SSSR count). The van der Waals surface area contributed by atoms with Gasteiger partial charge in [0.2, 0.25) is 17.7 Å². The molecule has 2 unspecified atom stereocenters. The van der Waals surface area contributed by atoms with Crippen LogP contribution in [0.15, 0.2) is 48.7 Å². The monoisotopic (exact) mass is 612 g/mol. The van der Waals surface area contributed by atoms with Crippen LogP contribution in [-0.2, 0) is 39.1 Å². The van der Waals surface area contributed by atoms with Crippen molar-refractivity contribution in [2.75, 3.05) is 26.3 Å². The van der Waals surface area contributed by atoms with Crippen molar-refractivity contribution in [3.05, 3.63) is 65.4 Å². The number of amides is 3. The third-order valence-corrected chi connectivity index (χ3v) is 10.4. The van der Waals surface area contributed by atoms with E-state index >= 15 is 0 Å². The number of rotatable bonds is 7. The number of hydrogen-bond donors (Lipinski definition) is 2. The van der Waals surface area contributed by atoms with Crippen molar-refractivity contribution in [2.45, 2.75) is 76.2 Å². The summed E-state index contributed by atoms with van der Waals surface area (Å²) in [7, 11) is 1.91. The maximum absolute atomic E-state index is 14.4. The molecule has 5 heterocycles. The first kappa shape index (κ1) is 29.9. The maximum Gasteiger partial charge on any atom is 0.243 e. The van der Waals surface area contributed by atoms with Crippen molar-refractivity contribution in [2.24, 2.45) is 18.9 Å². The number of carbonyl (C=O) groups is 3. The van der Waals surface area contributed by atoms with Gasteiger partial charge >= 0.3 is 0 Å². The number of piperidine rings is 1. The molecule has 4 fully saturated rings. The molecule has 10 heteroatoms. The molecule has 2 N–H and O–H groups in total. The lowest BCUT2D eigenvalue weighted by atomic mass is 9.87. The summed E-state index contributed by atoms with van der Waals surface area (Å²) in [6.45, 7) is 4.77. The highest BCUT2D eigenvalue weighted by Crippen LogP contribution is 2.34. The molecular formula is C35H44N6O4. The predicted molar refractivity (Wildman–Crippen MR) is 170 cm³/mol. The largest absolute Gasteiger partial charge is 0.377 e. The number of aryl methyl sites for hydroxylation is 2. The van der Waals surface area contributed by atoms with Crippen molar-refractivity contribution in [1.82, 2.24) is 30.2 Å². The van der Waals surface area contributed by atoms with Gasteiger partial charge in [-0.1, -0.05) is 35.9 Å². The van der Waals surface area contributed by atoms with Gasteiger partial charge < -0.3 is 25.2 Å². The Labute approximate surface area is 264 Å². The highest BCUT2D eigenvalue weighted by atomic mass is 16.5. The van der Waals surface area contributed by atoms with Crippen LogP contribution >= 0.6 is 0 Å². The maximum atomic E-state index is 14.4. The molecule has 10 nitrogen and oxygen atoms in total. The fourth-order valence-corrected chi connectivity index (χ4v) is 8.02. The molecule has 1 aromatic heterocycles. The third kappa shape index (κ3) is 5.97. The van der Waals surface area contributed by atoms with Crippen LogP contribution in [0.5, 0.6) is 0 Å². The Morgan fingerprint density at radius 3 is 2.53 bits per heavy atom. The van der Waals surface area contributed by atoms with E-state index in [0.29, 0.717) is 45.7 Å². The quantitative estimate of drug-likeness (QED) is 0.425. The number of aromatic nitrogens is 2. The Morgan fingerprint density at radius 1 is 1.00 bits per heavy atom. The van der Waals surface area contributed by atoms with E-state index in [4.69, 9.17) is 4.74 Å². The molecule has 0 spiro atoms. The zero-order valence-electron chi connectivity index (χ0n) is 26.3. The van der Waals surface area contributed by atoms with Gasteiger partial charge in [-0.25, -0.2) is 0 Å². The molecule has 2 bridgehead atoms. The van der Waals surface area contributed by atoms with Gasteiger partial charge in [-0.2, -0.15) is 5.10 Å². The van der Waals surface area contributed by atoms with Crippen molar-refractivity contribution >= 4 is 28.6 Å². The normalized spacial score (nSPS) is 28.0. The predicted octanol–water partition coefficient (Wildman–Crippen LogP) is 2.72. The van der Waals surface area contributed by atoms with Crippen LogP contribution in [0.25, 0.3) is 10.9 Å². The molecule has 0 saturated carbocycles. The number of ether oxygens (including phenoxy) is 1. The second-order valence-electron chi connectivity index (χ2n) is 13.5. The van der Waals surface area contributed by atoms with E-state index < -0.39 is 18.0 Å². The average Bonchev–Trinajstić information content (AvgIpc) is 3.72. The van der Waals surface area contributed by atoms with Crippen LogP contribution in [0.1, 0.15) is 48.8 Å². The fourth-order valence-electron chi connectivity index (χ4n) is 8.02. The lowest BCUT2D eigenvalue weighted by Gasteiger charge is -2.41. The number of likely N-dealkylation sites (tertiary alicyclic amines) is 1. The standard InChI is InChI=1S/C35H44N6O4/c1-22-5-7-23(8-6-22)14-25-16-31(33(42)37-17-24-9-12-30-26(15-24)18-38-39(30)2)40(19-25)35(44)32-29(4-3-13-36-32)34(43)41-27-10-11-28(41)21-45-20-27/h5-9,12,15,18,25,27-29,31-32,36H,3-4,10-11,13-14,16-17,19-21H2,1-2H3,(H,37,42)/t25-,27?,28?,29+,31+,32-/m1/s1. The van der Waals surface area contributed by atoms with Gasteiger partial charge in [0.1, 0.15) is 6.04 Å². The van der Waals surface area contributed by atoms with Crippen LogP contribution in [0.4, 0.5) is 0 Å². The van der Waals surface area contributed by atoms with Crippen LogP contribution in [0, 0.1) is 18.8 Å². The Kier molecular flexibility index (Phi) is 8.35. The fraction of sp³-hybridized carbons (Fsp3) is 0.543. The molecule has 3 aromatic rings. The van der Waals surface area contributed by atoms with Gasteiger partial charge in [0, 0.05) is 25.5 Å². The van der Waals surface area contributed by atoms with Gasteiger partial charge in [-0.3, -0.25) is 19.1 Å². The molecule has 3 amide bonds. The number of carbonyl (C=O) groups excluding carboxylic acids is 3. The summed E-state index contributed by atoms with van der Waals surface area (Å²) in [4.78, 5) is 46.1. The highest BCUT2D eigenvalue weighted by Gasteiger charge is 2.49. The molecule has 0 aliphatic carbocycles. The lowest BCUT2D eigenvalue weighted by molar-refractivity contribution is -0.152. The summed E-state index contributed by atoms with van der Waals surface area (Å²) in [5.41, 5.74) is 4.42. The van der Waals surface area contributed by atoms with E-state index in [-0.39, 0.29) is 35.7 Å². The smallest absolute Gasteiger partial charge is 0.243 e. The van der Waals surface area contributed by atoms with E-state index in [1.165, 1.54) is 11.1 Å².